The molecule has 1 aromatic heterocycles. The third-order valence-electron chi connectivity index (χ3n) is 3.56. The molecule has 1 fully saturated rings. The summed E-state index contributed by atoms with van der Waals surface area (Å²) in [4.78, 5) is 0. The van der Waals surface area contributed by atoms with Crippen LogP contribution in [0, 0.1) is 5.92 Å². The Hall–Kier alpha value is -1.68. The molecular formula is C13H16N4. The minimum absolute atomic E-state index is 0.305. The van der Waals surface area contributed by atoms with Crippen molar-refractivity contribution in [2.24, 2.45) is 5.92 Å². The molecule has 2 aromatic rings. The highest BCUT2D eigenvalue weighted by atomic mass is 15.3. The summed E-state index contributed by atoms with van der Waals surface area (Å²) in [6.07, 6.45) is 3.03. The summed E-state index contributed by atoms with van der Waals surface area (Å²) in [5.74, 6) is 1.29. The van der Waals surface area contributed by atoms with Crippen molar-refractivity contribution in [2.45, 2.75) is 18.4 Å². The van der Waals surface area contributed by atoms with E-state index < -0.39 is 0 Å². The van der Waals surface area contributed by atoms with E-state index in [0.29, 0.717) is 17.9 Å². The molecule has 3 rings (SSSR count). The van der Waals surface area contributed by atoms with Crippen LogP contribution in [0.15, 0.2) is 36.5 Å². The third-order valence-corrected chi connectivity index (χ3v) is 3.56. The SMILES string of the molecule is CNC(c1cn[nH]n1)C1CC1c1ccccc1. The number of benzene rings is 1. The lowest BCUT2D eigenvalue weighted by molar-refractivity contribution is 0.504. The molecule has 3 atom stereocenters. The van der Waals surface area contributed by atoms with Crippen molar-refractivity contribution in [3.05, 3.63) is 47.8 Å². The fraction of sp³-hybridized carbons (Fsp3) is 0.385. The highest BCUT2D eigenvalue weighted by molar-refractivity contribution is 5.28. The number of nitrogens with one attached hydrogen (secondary N) is 2. The zero-order valence-corrected chi connectivity index (χ0v) is 9.80. The van der Waals surface area contributed by atoms with E-state index in [9.17, 15) is 0 Å². The zero-order chi connectivity index (χ0) is 11.7. The van der Waals surface area contributed by atoms with Gasteiger partial charge in [-0.15, -0.1) is 0 Å². The molecule has 1 heterocycles. The van der Waals surface area contributed by atoms with Crippen LogP contribution in [0.25, 0.3) is 0 Å². The van der Waals surface area contributed by atoms with Crippen molar-refractivity contribution >= 4 is 0 Å². The van der Waals surface area contributed by atoms with Gasteiger partial charge in [0.15, 0.2) is 0 Å². The van der Waals surface area contributed by atoms with E-state index >= 15 is 0 Å². The number of aromatic amines is 1. The first-order valence-corrected chi connectivity index (χ1v) is 5.98. The smallest absolute Gasteiger partial charge is 0.0996 e. The first kappa shape index (κ1) is 10.5. The summed E-state index contributed by atoms with van der Waals surface area (Å²) in [6.45, 7) is 0. The monoisotopic (exact) mass is 228 g/mol. The van der Waals surface area contributed by atoms with Crippen LogP contribution in [0.2, 0.25) is 0 Å². The van der Waals surface area contributed by atoms with E-state index in [1.165, 1.54) is 12.0 Å². The van der Waals surface area contributed by atoms with Gasteiger partial charge in [-0.2, -0.15) is 15.4 Å². The van der Waals surface area contributed by atoms with E-state index in [2.05, 4.69) is 51.1 Å². The second-order valence-corrected chi connectivity index (χ2v) is 4.58. The van der Waals surface area contributed by atoms with Crippen LogP contribution < -0.4 is 5.32 Å². The number of H-pyrrole nitrogens is 1. The van der Waals surface area contributed by atoms with Crippen LogP contribution in [-0.2, 0) is 0 Å². The van der Waals surface area contributed by atoms with Gasteiger partial charge in [0.2, 0.25) is 0 Å². The van der Waals surface area contributed by atoms with E-state index in [1.807, 2.05) is 13.2 Å². The van der Waals surface area contributed by atoms with Gasteiger partial charge in [-0.3, -0.25) is 0 Å². The van der Waals surface area contributed by atoms with Crippen molar-refractivity contribution in [1.82, 2.24) is 20.7 Å². The van der Waals surface area contributed by atoms with Crippen LogP contribution >= 0.6 is 0 Å². The van der Waals surface area contributed by atoms with Gasteiger partial charge in [0.05, 0.1) is 17.9 Å². The summed E-state index contributed by atoms with van der Waals surface area (Å²) in [5, 5.41) is 14.1. The number of nitrogens with zero attached hydrogens (tertiary/aromatic N) is 2. The summed E-state index contributed by atoms with van der Waals surface area (Å²) >= 11 is 0. The quantitative estimate of drug-likeness (QED) is 0.840. The average molecular weight is 228 g/mol. The van der Waals surface area contributed by atoms with Gasteiger partial charge < -0.3 is 5.32 Å². The zero-order valence-electron chi connectivity index (χ0n) is 9.80. The molecule has 1 aromatic carbocycles. The summed E-state index contributed by atoms with van der Waals surface area (Å²) in [7, 11) is 1.99. The van der Waals surface area contributed by atoms with Crippen molar-refractivity contribution in [3.8, 4) is 0 Å². The van der Waals surface area contributed by atoms with Gasteiger partial charge in [0, 0.05) is 0 Å². The molecule has 1 saturated carbocycles. The summed E-state index contributed by atoms with van der Waals surface area (Å²) in [6, 6.07) is 11.0. The summed E-state index contributed by atoms with van der Waals surface area (Å²) < 4.78 is 0. The van der Waals surface area contributed by atoms with Gasteiger partial charge in [-0.25, -0.2) is 0 Å². The largest absolute Gasteiger partial charge is 0.311 e. The normalized spacial score (nSPS) is 24.5. The van der Waals surface area contributed by atoms with Crippen molar-refractivity contribution in [1.29, 1.82) is 0 Å². The van der Waals surface area contributed by atoms with Crippen LogP contribution in [-0.4, -0.2) is 22.5 Å². The maximum atomic E-state index is 4.18. The van der Waals surface area contributed by atoms with Crippen molar-refractivity contribution < 1.29 is 0 Å². The maximum Gasteiger partial charge on any atom is 0.0996 e. The molecule has 0 bridgehead atoms. The molecule has 1 aliphatic rings. The van der Waals surface area contributed by atoms with Gasteiger partial charge in [0.1, 0.15) is 0 Å². The molecule has 4 nitrogen and oxygen atoms in total. The van der Waals surface area contributed by atoms with Crippen molar-refractivity contribution in [2.75, 3.05) is 7.05 Å². The molecule has 1 aliphatic carbocycles. The van der Waals surface area contributed by atoms with E-state index in [1.54, 1.807) is 0 Å². The van der Waals surface area contributed by atoms with Crippen LogP contribution in [0.5, 0.6) is 0 Å². The second kappa shape index (κ2) is 4.30. The summed E-state index contributed by atoms with van der Waals surface area (Å²) in [5.41, 5.74) is 2.44. The first-order valence-electron chi connectivity index (χ1n) is 5.98. The molecule has 0 spiro atoms. The van der Waals surface area contributed by atoms with Crippen LogP contribution in [0.1, 0.15) is 29.6 Å². The molecule has 88 valence electrons. The molecule has 17 heavy (non-hydrogen) atoms. The molecule has 0 radical (unpaired) electrons. The highest BCUT2D eigenvalue weighted by Gasteiger charge is 2.44. The maximum absolute atomic E-state index is 4.18. The highest BCUT2D eigenvalue weighted by Crippen LogP contribution is 2.53. The van der Waals surface area contributed by atoms with Crippen LogP contribution in [0.4, 0.5) is 0 Å². The topological polar surface area (TPSA) is 53.6 Å². The Kier molecular flexibility index (Phi) is 2.65. The van der Waals surface area contributed by atoms with Gasteiger partial charge in [-0.05, 0) is 30.9 Å². The predicted molar refractivity (Wildman–Crippen MR) is 65.5 cm³/mol. The van der Waals surface area contributed by atoms with Crippen LogP contribution in [0.3, 0.4) is 0 Å². The Labute approximate surface area is 100 Å². The number of hydrogen-bond donors (Lipinski definition) is 2. The second-order valence-electron chi connectivity index (χ2n) is 4.58. The Balaban J connectivity index is 1.75. The fourth-order valence-corrected chi connectivity index (χ4v) is 2.61. The van der Waals surface area contributed by atoms with E-state index in [-0.39, 0.29) is 0 Å². The molecule has 0 saturated heterocycles. The molecule has 2 N–H and O–H groups in total. The van der Waals surface area contributed by atoms with Crippen molar-refractivity contribution in [3.63, 3.8) is 0 Å². The Morgan fingerprint density at radius 3 is 2.82 bits per heavy atom. The number of aromatic nitrogens is 3. The molecule has 0 amide bonds. The Morgan fingerprint density at radius 2 is 2.18 bits per heavy atom. The lowest BCUT2D eigenvalue weighted by Gasteiger charge is -2.12. The lowest BCUT2D eigenvalue weighted by atomic mass is 10.0. The standard InChI is InChI=1S/C13H16N4/c1-14-13(12-8-15-17-16-12)11-7-10(11)9-5-3-2-4-6-9/h2-6,8,10-11,13-14H,7H2,1H3,(H,15,16,17). The molecule has 4 heteroatoms. The molecular weight excluding hydrogens is 212 g/mol. The third kappa shape index (κ3) is 1.96. The molecule has 3 unspecified atom stereocenters. The minimum Gasteiger partial charge on any atom is -0.311 e. The van der Waals surface area contributed by atoms with E-state index in [4.69, 9.17) is 0 Å². The van der Waals surface area contributed by atoms with Gasteiger partial charge >= 0.3 is 0 Å². The first-order chi connectivity index (χ1) is 8.40. The lowest BCUT2D eigenvalue weighted by Crippen LogP contribution is -2.19. The average Bonchev–Trinajstić information content (AvgIpc) is 2.97. The predicted octanol–water partition coefficient (Wildman–Crippen LogP) is 1.87. The Morgan fingerprint density at radius 1 is 1.35 bits per heavy atom. The minimum atomic E-state index is 0.305. The van der Waals surface area contributed by atoms with E-state index in [0.717, 1.165) is 5.69 Å². The Bertz CT molecular complexity index is 465. The fourth-order valence-electron chi connectivity index (χ4n) is 2.61. The molecule has 0 aliphatic heterocycles. The number of hydrogen-bond acceptors (Lipinski definition) is 3. The van der Waals surface area contributed by atoms with Gasteiger partial charge in [-0.1, -0.05) is 30.3 Å². The number of rotatable bonds is 4. The van der Waals surface area contributed by atoms with Gasteiger partial charge in [0.25, 0.3) is 0 Å².